The van der Waals surface area contributed by atoms with Crippen molar-refractivity contribution in [1.82, 2.24) is 14.9 Å². The number of nitrogens with one attached hydrogen (secondary N) is 1. The largest absolute Gasteiger partial charge is 0.351 e. The van der Waals surface area contributed by atoms with Crippen LogP contribution in [-0.4, -0.2) is 35.2 Å². The van der Waals surface area contributed by atoms with Crippen LogP contribution in [-0.2, 0) is 7.05 Å². The molecule has 0 aliphatic carbocycles. The molecule has 0 spiro atoms. The second kappa shape index (κ2) is 6.00. The Balaban J connectivity index is 2.12. The quantitative estimate of drug-likeness (QED) is 0.856. The van der Waals surface area contributed by atoms with Gasteiger partial charge in [-0.3, -0.25) is 4.79 Å². The highest BCUT2D eigenvalue weighted by Gasteiger charge is 2.18. The second-order valence-corrected chi connectivity index (χ2v) is 4.85. The first kappa shape index (κ1) is 13.1. The maximum atomic E-state index is 12.0. The highest BCUT2D eigenvalue weighted by molar-refractivity contribution is 5.35. The van der Waals surface area contributed by atoms with Crippen molar-refractivity contribution in [2.24, 2.45) is 7.05 Å². The smallest absolute Gasteiger partial charge is 0.293 e. The Morgan fingerprint density at radius 1 is 1.56 bits per heavy atom. The van der Waals surface area contributed by atoms with Gasteiger partial charge in [-0.05, 0) is 26.3 Å². The molecule has 0 aromatic carbocycles. The molecule has 5 heteroatoms. The van der Waals surface area contributed by atoms with Gasteiger partial charge in [0.15, 0.2) is 5.82 Å². The van der Waals surface area contributed by atoms with Crippen LogP contribution in [0, 0.1) is 0 Å². The number of rotatable bonds is 4. The summed E-state index contributed by atoms with van der Waals surface area (Å²) >= 11 is 0. The van der Waals surface area contributed by atoms with Crippen molar-refractivity contribution in [3.8, 4) is 0 Å². The van der Waals surface area contributed by atoms with Crippen molar-refractivity contribution in [1.29, 1.82) is 0 Å². The minimum Gasteiger partial charge on any atom is -0.351 e. The molecule has 18 heavy (non-hydrogen) atoms. The summed E-state index contributed by atoms with van der Waals surface area (Å²) in [7, 11) is 1.76. The molecule has 2 heterocycles. The average molecular weight is 250 g/mol. The topological polar surface area (TPSA) is 50.2 Å². The van der Waals surface area contributed by atoms with Crippen molar-refractivity contribution < 1.29 is 0 Å². The van der Waals surface area contributed by atoms with Gasteiger partial charge in [0.1, 0.15) is 0 Å². The molecule has 100 valence electrons. The van der Waals surface area contributed by atoms with Gasteiger partial charge < -0.3 is 14.8 Å². The summed E-state index contributed by atoms with van der Waals surface area (Å²) < 4.78 is 1.58. The van der Waals surface area contributed by atoms with Crippen LogP contribution in [0.15, 0.2) is 17.2 Å². The summed E-state index contributed by atoms with van der Waals surface area (Å²) in [5.41, 5.74) is -0.0184. The van der Waals surface area contributed by atoms with Gasteiger partial charge >= 0.3 is 0 Å². The zero-order valence-corrected chi connectivity index (χ0v) is 11.2. The maximum absolute atomic E-state index is 12.0. The van der Waals surface area contributed by atoms with Crippen LogP contribution in [0.3, 0.4) is 0 Å². The predicted octanol–water partition coefficient (Wildman–Crippen LogP) is 0.749. The van der Waals surface area contributed by atoms with Gasteiger partial charge in [0.2, 0.25) is 0 Å². The summed E-state index contributed by atoms with van der Waals surface area (Å²) in [5, 5.41) is 3.51. The Morgan fingerprint density at radius 2 is 2.39 bits per heavy atom. The molecule has 2 rings (SSSR count). The number of piperidine rings is 1. The lowest BCUT2D eigenvalue weighted by Crippen LogP contribution is -2.45. The third-order valence-electron chi connectivity index (χ3n) is 3.53. The van der Waals surface area contributed by atoms with Crippen LogP contribution in [0.1, 0.15) is 26.2 Å². The number of likely N-dealkylation sites (N-methyl/N-ethyl adjacent to an activating group) is 1. The minimum absolute atomic E-state index is 0.0184. The van der Waals surface area contributed by atoms with Gasteiger partial charge in [0.25, 0.3) is 5.56 Å². The van der Waals surface area contributed by atoms with Crippen molar-refractivity contribution >= 4 is 5.82 Å². The Bertz CT molecular complexity index is 437. The number of hydrogen-bond donors (Lipinski definition) is 1. The molecule has 1 aromatic rings. The molecule has 0 saturated carbocycles. The van der Waals surface area contributed by atoms with Crippen molar-refractivity contribution in [2.45, 2.75) is 32.2 Å². The number of aryl methyl sites for hydroxylation is 1. The molecule has 1 unspecified atom stereocenters. The lowest BCUT2D eigenvalue weighted by atomic mass is 10.0. The average Bonchev–Trinajstić information content (AvgIpc) is 2.41. The van der Waals surface area contributed by atoms with E-state index < -0.39 is 0 Å². The van der Waals surface area contributed by atoms with E-state index in [4.69, 9.17) is 0 Å². The Kier molecular flexibility index (Phi) is 4.36. The maximum Gasteiger partial charge on any atom is 0.293 e. The van der Waals surface area contributed by atoms with Gasteiger partial charge in [-0.1, -0.05) is 6.42 Å². The molecule has 1 saturated heterocycles. The van der Waals surface area contributed by atoms with Crippen LogP contribution >= 0.6 is 0 Å². The number of aromatic nitrogens is 2. The molecule has 0 amide bonds. The van der Waals surface area contributed by atoms with Crippen LogP contribution in [0.4, 0.5) is 5.82 Å². The van der Waals surface area contributed by atoms with E-state index in [1.54, 1.807) is 24.0 Å². The van der Waals surface area contributed by atoms with Crippen molar-refractivity contribution in [3.63, 3.8) is 0 Å². The molecule has 1 aromatic heterocycles. The highest BCUT2D eigenvalue weighted by atomic mass is 16.1. The summed E-state index contributed by atoms with van der Waals surface area (Å²) in [6.45, 7) is 4.83. The fourth-order valence-electron chi connectivity index (χ4n) is 2.41. The number of anilines is 1. The molecule has 1 aliphatic rings. The summed E-state index contributed by atoms with van der Waals surface area (Å²) in [6, 6.07) is 0.477. The Morgan fingerprint density at radius 3 is 3.06 bits per heavy atom. The van der Waals surface area contributed by atoms with E-state index in [1.165, 1.54) is 19.3 Å². The van der Waals surface area contributed by atoms with E-state index in [2.05, 4.69) is 22.1 Å². The van der Waals surface area contributed by atoms with E-state index in [-0.39, 0.29) is 5.56 Å². The lowest BCUT2D eigenvalue weighted by molar-refractivity contribution is 0.399. The molecular formula is C13H22N4O. The molecule has 1 N–H and O–H groups in total. The van der Waals surface area contributed by atoms with E-state index in [0.717, 1.165) is 19.6 Å². The fourth-order valence-corrected chi connectivity index (χ4v) is 2.41. The monoisotopic (exact) mass is 250 g/mol. The SMILES string of the molecule is CCN(CC1CCCCN1)c1nccn(C)c1=O. The first-order chi connectivity index (χ1) is 8.72. The highest BCUT2D eigenvalue weighted by Crippen LogP contribution is 2.11. The van der Waals surface area contributed by atoms with Crippen LogP contribution < -0.4 is 15.8 Å². The normalized spacial score (nSPS) is 19.8. The molecule has 5 nitrogen and oxygen atoms in total. The number of hydrogen-bond acceptors (Lipinski definition) is 4. The minimum atomic E-state index is -0.0184. The third kappa shape index (κ3) is 2.90. The first-order valence-electron chi connectivity index (χ1n) is 6.72. The fraction of sp³-hybridized carbons (Fsp3) is 0.692. The number of nitrogens with zero attached hydrogens (tertiary/aromatic N) is 3. The first-order valence-corrected chi connectivity index (χ1v) is 6.72. The van der Waals surface area contributed by atoms with Crippen molar-refractivity contribution in [2.75, 3.05) is 24.5 Å². The molecular weight excluding hydrogens is 228 g/mol. The third-order valence-corrected chi connectivity index (χ3v) is 3.53. The lowest BCUT2D eigenvalue weighted by Gasteiger charge is -2.30. The van der Waals surface area contributed by atoms with E-state index in [1.807, 2.05) is 0 Å². The van der Waals surface area contributed by atoms with Gasteiger partial charge in [0, 0.05) is 38.6 Å². The molecule has 1 fully saturated rings. The van der Waals surface area contributed by atoms with Crippen molar-refractivity contribution in [3.05, 3.63) is 22.7 Å². The Labute approximate surface area is 108 Å². The second-order valence-electron chi connectivity index (χ2n) is 4.85. The summed E-state index contributed by atoms with van der Waals surface area (Å²) in [5.74, 6) is 0.565. The molecule has 0 radical (unpaired) electrons. The van der Waals surface area contributed by atoms with Gasteiger partial charge in [-0.2, -0.15) is 0 Å². The van der Waals surface area contributed by atoms with E-state index in [0.29, 0.717) is 11.9 Å². The van der Waals surface area contributed by atoms with Crippen LogP contribution in [0.5, 0.6) is 0 Å². The van der Waals surface area contributed by atoms with E-state index in [9.17, 15) is 4.79 Å². The van der Waals surface area contributed by atoms with E-state index >= 15 is 0 Å². The van der Waals surface area contributed by atoms with Crippen LogP contribution in [0.2, 0.25) is 0 Å². The van der Waals surface area contributed by atoms with Crippen LogP contribution in [0.25, 0.3) is 0 Å². The molecule has 0 bridgehead atoms. The summed E-state index contributed by atoms with van der Waals surface area (Å²) in [4.78, 5) is 18.4. The Hall–Kier alpha value is -1.36. The summed E-state index contributed by atoms with van der Waals surface area (Å²) in [6.07, 6.45) is 7.10. The molecule has 1 aliphatic heterocycles. The zero-order valence-electron chi connectivity index (χ0n) is 11.2. The zero-order chi connectivity index (χ0) is 13.0. The van der Waals surface area contributed by atoms with Gasteiger partial charge in [-0.25, -0.2) is 4.98 Å². The van der Waals surface area contributed by atoms with Gasteiger partial charge in [0.05, 0.1) is 0 Å². The van der Waals surface area contributed by atoms with Gasteiger partial charge in [-0.15, -0.1) is 0 Å². The molecule has 1 atom stereocenters. The standard InChI is InChI=1S/C13H22N4O/c1-3-17(10-11-6-4-5-7-14-11)12-13(18)16(2)9-8-15-12/h8-9,11,14H,3-7,10H2,1-2H3. The predicted molar refractivity (Wildman–Crippen MR) is 73.0 cm³/mol.